The highest BCUT2D eigenvalue weighted by atomic mass is 19.1. The van der Waals surface area contributed by atoms with E-state index in [1.54, 1.807) is 23.4 Å². The van der Waals surface area contributed by atoms with E-state index in [1.807, 2.05) is 86.3 Å². The van der Waals surface area contributed by atoms with E-state index in [4.69, 9.17) is 9.47 Å². The minimum absolute atomic E-state index is 0.0360. The van der Waals surface area contributed by atoms with Gasteiger partial charge in [-0.25, -0.2) is 19.2 Å². The lowest BCUT2D eigenvalue weighted by molar-refractivity contribution is -0.145. The minimum atomic E-state index is -0.647. The topological polar surface area (TPSA) is 134 Å². The molecule has 0 spiro atoms. The number of hydrogen-bond acceptors (Lipinski definition) is 7. The molecule has 11 nitrogen and oxygen atoms in total. The maximum absolute atomic E-state index is 15.6. The second-order valence-corrected chi connectivity index (χ2v) is 14.9. The summed E-state index contributed by atoms with van der Waals surface area (Å²) in [6.45, 7) is 6.67. The largest absolute Gasteiger partial charge is 0.469 e. The molecule has 0 saturated carbocycles. The van der Waals surface area contributed by atoms with E-state index >= 15 is 4.39 Å². The lowest BCUT2D eigenvalue weighted by atomic mass is 9.94. The molecular weight excluding hydrogens is 687 g/mol. The number of likely N-dealkylation sites (tertiary alicyclic amines) is 2. The summed E-state index contributed by atoms with van der Waals surface area (Å²) in [4.78, 5) is 58.4. The van der Waals surface area contributed by atoms with Gasteiger partial charge in [0.1, 0.15) is 23.1 Å². The highest BCUT2D eigenvalue weighted by Gasteiger charge is 2.38. The zero-order valence-electron chi connectivity index (χ0n) is 31.0. The highest BCUT2D eigenvalue weighted by molar-refractivity contribution is 5.88. The Morgan fingerprint density at radius 2 is 1.41 bits per heavy atom. The molecule has 2 N–H and O–H groups in total. The molecule has 4 heterocycles. The van der Waals surface area contributed by atoms with Crippen LogP contribution in [0.4, 0.5) is 9.18 Å². The van der Waals surface area contributed by atoms with Crippen molar-refractivity contribution in [1.82, 2.24) is 29.7 Å². The second-order valence-electron chi connectivity index (χ2n) is 14.9. The lowest BCUT2D eigenvalue weighted by Gasteiger charge is -2.28. The summed E-state index contributed by atoms with van der Waals surface area (Å²) in [5.74, 6) is -0.299. The van der Waals surface area contributed by atoms with Crippen LogP contribution in [-0.4, -0.2) is 73.5 Å². The quantitative estimate of drug-likeness (QED) is 0.146. The van der Waals surface area contributed by atoms with Crippen LogP contribution in [0.1, 0.15) is 88.1 Å². The average Bonchev–Trinajstić information content (AvgIpc) is 4.00. The van der Waals surface area contributed by atoms with Crippen molar-refractivity contribution in [3.05, 3.63) is 108 Å². The summed E-state index contributed by atoms with van der Waals surface area (Å²) in [6, 6.07) is 21.7. The number of esters is 1. The number of benzene rings is 3. The molecule has 54 heavy (non-hydrogen) atoms. The van der Waals surface area contributed by atoms with Gasteiger partial charge in [-0.3, -0.25) is 14.5 Å². The monoisotopic (exact) mass is 732 g/mol. The zero-order valence-corrected chi connectivity index (χ0v) is 31.0. The summed E-state index contributed by atoms with van der Waals surface area (Å²) in [6.07, 6.45) is 6.11. The van der Waals surface area contributed by atoms with Crippen molar-refractivity contribution in [2.75, 3.05) is 20.2 Å². The third-order valence-corrected chi connectivity index (χ3v) is 10.1. The molecule has 0 radical (unpaired) electrons. The molecule has 2 fully saturated rings. The third kappa shape index (κ3) is 7.78. The van der Waals surface area contributed by atoms with Gasteiger partial charge in [-0.1, -0.05) is 60.7 Å². The fourth-order valence-corrected chi connectivity index (χ4v) is 7.44. The van der Waals surface area contributed by atoms with Gasteiger partial charge in [-0.05, 0) is 80.8 Å². The molecule has 0 unspecified atom stereocenters. The highest BCUT2D eigenvalue weighted by Crippen LogP contribution is 2.37. The maximum Gasteiger partial charge on any atom is 0.410 e. The first-order chi connectivity index (χ1) is 26.0. The number of nitrogens with one attached hydrogen (secondary N) is 2. The van der Waals surface area contributed by atoms with Crippen molar-refractivity contribution >= 4 is 18.0 Å². The Hall–Kier alpha value is -5.78. The molecule has 12 heteroatoms. The number of methoxy groups -OCH3 is 1. The molecule has 7 rings (SSSR count). The molecule has 3 aromatic carbocycles. The fraction of sp³-hybridized carbons (Fsp3) is 0.357. The number of ether oxygens (including phenoxy) is 2. The van der Waals surface area contributed by atoms with Crippen molar-refractivity contribution in [1.29, 1.82) is 0 Å². The molecule has 3 atom stereocenters. The number of hydrogen-bond donors (Lipinski definition) is 2. The number of carbonyl (C=O) groups excluding carboxylic acids is 3. The van der Waals surface area contributed by atoms with Gasteiger partial charge >= 0.3 is 12.1 Å². The van der Waals surface area contributed by atoms with E-state index in [0.717, 1.165) is 53.6 Å². The summed E-state index contributed by atoms with van der Waals surface area (Å²) < 4.78 is 26.1. The van der Waals surface area contributed by atoms with E-state index in [9.17, 15) is 14.4 Å². The Morgan fingerprint density at radius 3 is 2.06 bits per heavy atom. The number of carbonyl (C=O) groups is 3. The number of H-pyrrole nitrogens is 2. The normalized spacial score (nSPS) is 17.8. The Balaban J connectivity index is 1.03. The first-order valence-corrected chi connectivity index (χ1v) is 18.4. The van der Waals surface area contributed by atoms with Crippen LogP contribution in [0.2, 0.25) is 0 Å². The van der Waals surface area contributed by atoms with Crippen LogP contribution >= 0.6 is 0 Å². The van der Waals surface area contributed by atoms with Gasteiger partial charge in [-0.2, -0.15) is 0 Å². The van der Waals surface area contributed by atoms with Gasteiger partial charge in [0, 0.05) is 18.7 Å². The summed E-state index contributed by atoms with van der Waals surface area (Å²) in [5.41, 5.74) is 4.37. The van der Waals surface area contributed by atoms with Gasteiger partial charge in [0.05, 0.1) is 55.3 Å². The van der Waals surface area contributed by atoms with Crippen molar-refractivity contribution in [3.8, 4) is 33.6 Å². The number of aromatic amines is 2. The lowest BCUT2D eigenvalue weighted by Crippen LogP contribution is -2.36. The van der Waals surface area contributed by atoms with Crippen molar-refractivity contribution in [2.24, 2.45) is 0 Å². The number of aromatic nitrogens is 4. The second kappa shape index (κ2) is 15.3. The van der Waals surface area contributed by atoms with Crippen LogP contribution in [-0.2, 0) is 19.1 Å². The molecule has 2 aromatic heterocycles. The molecule has 2 aliphatic heterocycles. The Morgan fingerprint density at radius 1 is 0.815 bits per heavy atom. The van der Waals surface area contributed by atoms with Crippen LogP contribution in [0.3, 0.4) is 0 Å². The number of nitrogens with zero attached hydrogens (tertiary/aromatic N) is 4. The number of rotatable bonds is 9. The van der Waals surface area contributed by atoms with Crippen molar-refractivity contribution in [2.45, 2.75) is 76.5 Å². The standard InChI is InChI=1S/C42H45FN6O5/c1-42(2,3)54-41(52)49-21-9-13-36(49)39-45-25-34(47-39)30-19-18-29(22-32(30)43)26-14-16-28(17-15-26)33-24-44-38(46-33)35-12-8-20-48(35)40(51)31(23-37(50)53-4)27-10-6-5-7-11-27/h5-7,10-11,14-19,22,24-25,31,35-36H,8-9,12-13,20-21,23H2,1-4H3,(H,44,46)(H,45,47)/t31-,35+,36+/m1/s1. The predicted octanol–water partition coefficient (Wildman–Crippen LogP) is 8.36. The molecular formula is C42H45FN6O5. The molecule has 2 saturated heterocycles. The zero-order chi connectivity index (χ0) is 38.0. The van der Waals surface area contributed by atoms with Crippen molar-refractivity contribution < 1.29 is 28.2 Å². The fourth-order valence-electron chi connectivity index (χ4n) is 7.44. The summed E-state index contributed by atoms with van der Waals surface area (Å²) >= 11 is 0. The van der Waals surface area contributed by atoms with E-state index < -0.39 is 23.3 Å². The van der Waals surface area contributed by atoms with Gasteiger partial charge in [-0.15, -0.1) is 0 Å². The van der Waals surface area contributed by atoms with E-state index in [0.29, 0.717) is 36.0 Å². The van der Waals surface area contributed by atoms with Crippen LogP contribution in [0.15, 0.2) is 85.2 Å². The Kier molecular flexibility index (Phi) is 10.4. The first kappa shape index (κ1) is 36.6. The summed E-state index contributed by atoms with van der Waals surface area (Å²) in [5, 5.41) is 0. The van der Waals surface area contributed by atoms with E-state index in [2.05, 4.69) is 19.9 Å². The molecule has 2 amide bonds. The van der Waals surface area contributed by atoms with Crippen molar-refractivity contribution in [3.63, 3.8) is 0 Å². The minimum Gasteiger partial charge on any atom is -0.469 e. The molecule has 0 bridgehead atoms. The predicted molar refractivity (Wildman–Crippen MR) is 201 cm³/mol. The van der Waals surface area contributed by atoms with Gasteiger partial charge in [0.25, 0.3) is 0 Å². The molecule has 0 aliphatic carbocycles. The van der Waals surface area contributed by atoms with Crippen LogP contribution < -0.4 is 0 Å². The van der Waals surface area contributed by atoms with Gasteiger partial charge in [0.2, 0.25) is 5.91 Å². The number of amides is 2. The number of halogens is 1. The Bertz CT molecular complexity index is 2120. The number of imidazole rings is 2. The molecule has 5 aromatic rings. The van der Waals surface area contributed by atoms with E-state index in [-0.39, 0.29) is 30.5 Å². The Labute approximate surface area is 313 Å². The van der Waals surface area contributed by atoms with E-state index in [1.165, 1.54) is 13.2 Å². The molecule has 2 aliphatic rings. The average molecular weight is 733 g/mol. The maximum atomic E-state index is 15.6. The van der Waals surface area contributed by atoms with Gasteiger partial charge in [0.15, 0.2) is 0 Å². The first-order valence-electron chi connectivity index (χ1n) is 18.4. The van der Waals surface area contributed by atoms with Crippen LogP contribution in [0, 0.1) is 5.82 Å². The smallest absolute Gasteiger partial charge is 0.410 e. The SMILES string of the molecule is COC(=O)C[C@@H](C(=O)N1CCC[C@H]1c1ncc(-c2ccc(-c3ccc(-c4cnc([C@@H]5CCCN5C(=O)OC(C)(C)C)[nH]4)c(F)c3)cc2)[nH]1)c1ccccc1. The summed E-state index contributed by atoms with van der Waals surface area (Å²) in [7, 11) is 1.33. The molecule has 280 valence electrons. The van der Waals surface area contributed by atoms with Crippen LogP contribution in [0.5, 0.6) is 0 Å². The van der Waals surface area contributed by atoms with Gasteiger partial charge < -0.3 is 24.3 Å². The third-order valence-electron chi connectivity index (χ3n) is 10.1. The van der Waals surface area contributed by atoms with Crippen LogP contribution in [0.25, 0.3) is 33.6 Å².